The van der Waals surface area contributed by atoms with Gasteiger partial charge in [0.2, 0.25) is 0 Å². The summed E-state index contributed by atoms with van der Waals surface area (Å²) < 4.78 is 4.97. The maximum atomic E-state index is 11.7. The molecule has 0 bridgehead atoms. The van der Waals surface area contributed by atoms with Gasteiger partial charge >= 0.3 is 5.97 Å². The van der Waals surface area contributed by atoms with Gasteiger partial charge in [-0.25, -0.2) is 9.78 Å². The van der Waals surface area contributed by atoms with Gasteiger partial charge in [0.05, 0.1) is 6.61 Å². The molecule has 0 atom stereocenters. The van der Waals surface area contributed by atoms with Gasteiger partial charge in [-0.2, -0.15) is 0 Å². The summed E-state index contributed by atoms with van der Waals surface area (Å²) in [5.41, 5.74) is 3.19. The van der Waals surface area contributed by atoms with Crippen LogP contribution in [0.25, 0.3) is 11.4 Å². The maximum absolute atomic E-state index is 11.7. The second kappa shape index (κ2) is 5.04. The summed E-state index contributed by atoms with van der Waals surface area (Å²) in [4.78, 5) is 19.1. The van der Waals surface area contributed by atoms with Gasteiger partial charge in [-0.1, -0.05) is 24.3 Å². The van der Waals surface area contributed by atoms with E-state index < -0.39 is 0 Å². The lowest BCUT2D eigenvalue weighted by Gasteiger charge is -2.00. The molecular formula is C14H16N2O2. The molecule has 1 heterocycles. The van der Waals surface area contributed by atoms with E-state index in [9.17, 15) is 4.79 Å². The molecule has 0 aliphatic heterocycles. The average molecular weight is 244 g/mol. The van der Waals surface area contributed by atoms with E-state index in [1.165, 1.54) is 0 Å². The first-order valence-corrected chi connectivity index (χ1v) is 5.93. The molecule has 1 N–H and O–H groups in total. The Morgan fingerprint density at radius 1 is 1.33 bits per heavy atom. The van der Waals surface area contributed by atoms with E-state index in [2.05, 4.69) is 9.97 Å². The van der Waals surface area contributed by atoms with Crippen molar-refractivity contribution in [2.75, 3.05) is 6.61 Å². The van der Waals surface area contributed by atoms with Crippen LogP contribution in [0.3, 0.4) is 0 Å². The Hall–Kier alpha value is -2.10. The van der Waals surface area contributed by atoms with E-state index in [-0.39, 0.29) is 5.97 Å². The summed E-state index contributed by atoms with van der Waals surface area (Å²) in [6.45, 7) is 5.96. The van der Waals surface area contributed by atoms with Crippen molar-refractivity contribution >= 4 is 5.97 Å². The van der Waals surface area contributed by atoms with Crippen LogP contribution in [0.4, 0.5) is 0 Å². The lowest BCUT2D eigenvalue weighted by atomic mass is 10.1. The first-order chi connectivity index (χ1) is 8.63. The molecule has 0 radical (unpaired) electrons. The van der Waals surface area contributed by atoms with Crippen molar-refractivity contribution in [3.63, 3.8) is 0 Å². The van der Waals surface area contributed by atoms with Crippen LogP contribution in [0.1, 0.15) is 28.7 Å². The standard InChI is InChI=1S/C14H16N2O2/c1-4-18-14(17)12-10(3)15-13(16-12)11-8-6-5-7-9(11)2/h5-8H,4H2,1-3H3,(H,15,16). The van der Waals surface area contributed by atoms with Gasteiger partial charge in [0, 0.05) is 11.3 Å². The third kappa shape index (κ3) is 2.27. The molecule has 0 unspecified atom stereocenters. The fourth-order valence-electron chi connectivity index (χ4n) is 1.82. The molecule has 4 nitrogen and oxygen atoms in total. The number of rotatable bonds is 3. The highest BCUT2D eigenvalue weighted by Crippen LogP contribution is 2.21. The van der Waals surface area contributed by atoms with Gasteiger partial charge < -0.3 is 9.72 Å². The van der Waals surface area contributed by atoms with E-state index in [0.29, 0.717) is 18.1 Å². The summed E-state index contributed by atoms with van der Waals surface area (Å²) in [6.07, 6.45) is 0. The second-order valence-corrected chi connectivity index (χ2v) is 4.09. The van der Waals surface area contributed by atoms with Gasteiger partial charge in [0.15, 0.2) is 5.69 Å². The number of carbonyl (C=O) groups excluding carboxylic acids is 1. The Balaban J connectivity index is 2.41. The number of ether oxygens (including phenoxy) is 1. The zero-order valence-corrected chi connectivity index (χ0v) is 10.8. The fourth-order valence-corrected chi connectivity index (χ4v) is 1.82. The summed E-state index contributed by atoms with van der Waals surface area (Å²) in [6, 6.07) is 7.91. The first-order valence-electron chi connectivity index (χ1n) is 5.93. The van der Waals surface area contributed by atoms with Crippen LogP contribution in [0.15, 0.2) is 24.3 Å². The van der Waals surface area contributed by atoms with E-state index in [1.54, 1.807) is 6.92 Å². The molecule has 0 saturated carbocycles. The minimum atomic E-state index is -0.383. The number of imidazole rings is 1. The van der Waals surface area contributed by atoms with Crippen molar-refractivity contribution in [3.05, 3.63) is 41.2 Å². The summed E-state index contributed by atoms with van der Waals surface area (Å²) in [5.74, 6) is 0.319. The molecule has 0 spiro atoms. The van der Waals surface area contributed by atoms with Gasteiger partial charge in [-0.15, -0.1) is 0 Å². The van der Waals surface area contributed by atoms with Crippen LogP contribution in [0.5, 0.6) is 0 Å². The van der Waals surface area contributed by atoms with Crippen molar-refractivity contribution in [2.24, 2.45) is 0 Å². The molecule has 94 valence electrons. The molecule has 0 aliphatic carbocycles. The SMILES string of the molecule is CCOC(=O)c1nc(-c2ccccc2C)[nH]c1C. The largest absolute Gasteiger partial charge is 0.461 e. The van der Waals surface area contributed by atoms with E-state index in [1.807, 2.05) is 38.1 Å². The highest BCUT2D eigenvalue weighted by molar-refractivity contribution is 5.89. The number of benzene rings is 1. The molecule has 0 amide bonds. The summed E-state index contributed by atoms with van der Waals surface area (Å²) in [5, 5.41) is 0. The van der Waals surface area contributed by atoms with E-state index in [4.69, 9.17) is 4.74 Å². The third-order valence-electron chi connectivity index (χ3n) is 2.75. The molecule has 1 aromatic heterocycles. The van der Waals surface area contributed by atoms with Crippen LogP contribution in [0, 0.1) is 13.8 Å². The summed E-state index contributed by atoms with van der Waals surface area (Å²) in [7, 11) is 0. The quantitative estimate of drug-likeness (QED) is 0.845. The Morgan fingerprint density at radius 3 is 2.72 bits per heavy atom. The Bertz CT molecular complexity index is 573. The van der Waals surface area contributed by atoms with Crippen LogP contribution >= 0.6 is 0 Å². The Kier molecular flexibility index (Phi) is 3.46. The van der Waals surface area contributed by atoms with Gasteiger partial charge in [0.25, 0.3) is 0 Å². The lowest BCUT2D eigenvalue weighted by molar-refractivity contribution is 0.0519. The van der Waals surface area contributed by atoms with Gasteiger partial charge in [-0.3, -0.25) is 0 Å². The fraction of sp³-hybridized carbons (Fsp3) is 0.286. The molecule has 0 fully saturated rings. The van der Waals surface area contributed by atoms with Crippen molar-refractivity contribution in [2.45, 2.75) is 20.8 Å². The summed E-state index contributed by atoms with van der Waals surface area (Å²) >= 11 is 0. The van der Waals surface area contributed by atoms with Gasteiger partial charge in [0.1, 0.15) is 5.82 Å². The van der Waals surface area contributed by atoms with Crippen LogP contribution in [0.2, 0.25) is 0 Å². The minimum Gasteiger partial charge on any atom is -0.461 e. The van der Waals surface area contributed by atoms with Crippen LogP contribution < -0.4 is 0 Å². The highest BCUT2D eigenvalue weighted by atomic mass is 16.5. The number of hydrogen-bond acceptors (Lipinski definition) is 3. The van der Waals surface area contributed by atoms with E-state index >= 15 is 0 Å². The highest BCUT2D eigenvalue weighted by Gasteiger charge is 2.17. The Morgan fingerprint density at radius 2 is 2.06 bits per heavy atom. The Labute approximate surface area is 106 Å². The third-order valence-corrected chi connectivity index (χ3v) is 2.75. The second-order valence-electron chi connectivity index (χ2n) is 4.09. The number of aromatic nitrogens is 2. The van der Waals surface area contributed by atoms with Gasteiger partial charge in [-0.05, 0) is 26.3 Å². The van der Waals surface area contributed by atoms with Crippen molar-refractivity contribution in [1.29, 1.82) is 0 Å². The first kappa shape index (κ1) is 12.4. The molecular weight excluding hydrogens is 228 g/mol. The normalized spacial score (nSPS) is 10.4. The number of hydrogen-bond donors (Lipinski definition) is 1. The molecule has 18 heavy (non-hydrogen) atoms. The number of esters is 1. The minimum absolute atomic E-state index is 0.352. The zero-order chi connectivity index (χ0) is 13.1. The number of nitrogens with one attached hydrogen (secondary N) is 1. The number of H-pyrrole nitrogens is 1. The number of carbonyl (C=O) groups is 1. The monoisotopic (exact) mass is 244 g/mol. The zero-order valence-electron chi connectivity index (χ0n) is 10.8. The molecule has 4 heteroatoms. The number of nitrogens with zero attached hydrogens (tertiary/aromatic N) is 1. The molecule has 0 aliphatic rings. The molecule has 0 saturated heterocycles. The molecule has 1 aromatic carbocycles. The van der Waals surface area contributed by atoms with E-state index in [0.717, 1.165) is 16.8 Å². The predicted octanol–water partition coefficient (Wildman–Crippen LogP) is 2.87. The topological polar surface area (TPSA) is 55.0 Å². The van der Waals surface area contributed by atoms with Crippen molar-refractivity contribution in [3.8, 4) is 11.4 Å². The van der Waals surface area contributed by atoms with Crippen molar-refractivity contribution < 1.29 is 9.53 Å². The lowest BCUT2D eigenvalue weighted by Crippen LogP contribution is -2.06. The van der Waals surface area contributed by atoms with Crippen molar-refractivity contribution in [1.82, 2.24) is 9.97 Å². The maximum Gasteiger partial charge on any atom is 0.358 e. The molecule has 2 rings (SSSR count). The van der Waals surface area contributed by atoms with Crippen LogP contribution in [-0.4, -0.2) is 22.5 Å². The predicted molar refractivity (Wildman–Crippen MR) is 69.5 cm³/mol. The molecule has 2 aromatic rings. The smallest absolute Gasteiger partial charge is 0.358 e. The average Bonchev–Trinajstić information content (AvgIpc) is 2.72. The number of aryl methyl sites for hydroxylation is 2. The van der Waals surface area contributed by atoms with Crippen LogP contribution in [-0.2, 0) is 4.74 Å². The number of aromatic amines is 1.